The third-order valence-corrected chi connectivity index (χ3v) is 3.44. The minimum Gasteiger partial charge on any atom is -0.364 e. The third-order valence-electron chi connectivity index (χ3n) is 3.44. The van der Waals surface area contributed by atoms with Gasteiger partial charge in [-0.05, 0) is 18.6 Å². The Kier molecular flexibility index (Phi) is 4.00. The van der Waals surface area contributed by atoms with E-state index in [1.54, 1.807) is 30.3 Å². The van der Waals surface area contributed by atoms with Crippen molar-refractivity contribution in [3.8, 4) is 5.69 Å². The Labute approximate surface area is 125 Å². The second kappa shape index (κ2) is 5.47. The van der Waals surface area contributed by atoms with Crippen molar-refractivity contribution in [1.29, 1.82) is 0 Å². The predicted molar refractivity (Wildman–Crippen MR) is 75.6 cm³/mol. The molecule has 0 atom stereocenters. The zero-order valence-corrected chi connectivity index (χ0v) is 12.2. The molecule has 1 amide bonds. The largest absolute Gasteiger partial charge is 0.394 e. The summed E-state index contributed by atoms with van der Waals surface area (Å²) in [5.74, 6) is -0.845. The normalized spacial score (nSPS) is 12.4. The number of nitrogens with two attached hydrogens (primary N) is 1. The fourth-order valence-electron chi connectivity index (χ4n) is 2.04. The third kappa shape index (κ3) is 3.13. The first-order chi connectivity index (χ1) is 10.1. The van der Waals surface area contributed by atoms with Crippen LogP contribution in [0.2, 0.25) is 0 Å². The molecule has 0 unspecified atom stereocenters. The van der Waals surface area contributed by atoms with E-state index in [2.05, 4.69) is 5.10 Å². The van der Waals surface area contributed by atoms with Crippen molar-refractivity contribution in [2.24, 2.45) is 11.1 Å². The van der Waals surface area contributed by atoms with Crippen molar-refractivity contribution < 1.29 is 18.0 Å². The molecule has 0 saturated heterocycles. The second-order valence-corrected chi connectivity index (χ2v) is 5.71. The smallest absolute Gasteiger partial charge is 0.364 e. The molecule has 0 bridgehead atoms. The van der Waals surface area contributed by atoms with Gasteiger partial charge in [-0.1, -0.05) is 32.0 Å². The van der Waals surface area contributed by atoms with Gasteiger partial charge < -0.3 is 5.73 Å². The fourth-order valence-corrected chi connectivity index (χ4v) is 2.04. The lowest BCUT2D eigenvalue weighted by atomic mass is 9.85. The molecule has 1 aromatic heterocycles. The number of carbonyl (C=O) groups is 1. The number of amides is 1. The molecule has 7 heteroatoms. The number of hydrogen-bond acceptors (Lipinski definition) is 2. The fraction of sp³-hybridized carbons (Fsp3) is 0.333. The van der Waals surface area contributed by atoms with Crippen LogP contribution >= 0.6 is 0 Å². The van der Waals surface area contributed by atoms with E-state index in [4.69, 9.17) is 5.73 Å². The van der Waals surface area contributed by atoms with Crippen LogP contribution in [0.5, 0.6) is 0 Å². The molecule has 0 saturated carbocycles. The molecular formula is C15H16F3N3O. The van der Waals surface area contributed by atoms with E-state index < -0.39 is 17.5 Å². The van der Waals surface area contributed by atoms with Crippen molar-refractivity contribution in [2.75, 3.05) is 0 Å². The standard InChI is InChI=1S/C15H16F3N3O/c1-14(2,15(16,17)18)8-10-9-21(20-12(10)13(19)22)11-6-4-3-5-7-11/h3-7,9H,8H2,1-2H3,(H2,19,22). The SMILES string of the molecule is CC(C)(Cc1cn(-c2ccccc2)nc1C(N)=O)C(F)(F)F. The molecule has 0 radical (unpaired) electrons. The van der Waals surface area contributed by atoms with Crippen LogP contribution in [-0.2, 0) is 6.42 Å². The van der Waals surface area contributed by atoms with E-state index >= 15 is 0 Å². The van der Waals surface area contributed by atoms with Gasteiger partial charge in [0, 0.05) is 11.8 Å². The summed E-state index contributed by atoms with van der Waals surface area (Å²) in [6.07, 6.45) is -3.35. The van der Waals surface area contributed by atoms with Gasteiger partial charge in [0.25, 0.3) is 5.91 Å². The summed E-state index contributed by atoms with van der Waals surface area (Å²) in [7, 11) is 0. The summed E-state index contributed by atoms with van der Waals surface area (Å²) in [5.41, 5.74) is 3.93. The van der Waals surface area contributed by atoms with Gasteiger partial charge >= 0.3 is 6.18 Å². The Bertz CT molecular complexity index is 675. The number of para-hydroxylation sites is 1. The van der Waals surface area contributed by atoms with Crippen molar-refractivity contribution in [3.63, 3.8) is 0 Å². The van der Waals surface area contributed by atoms with Crippen molar-refractivity contribution >= 4 is 5.91 Å². The summed E-state index contributed by atoms with van der Waals surface area (Å²) in [6.45, 7) is 2.16. The van der Waals surface area contributed by atoms with Crippen molar-refractivity contribution in [1.82, 2.24) is 9.78 Å². The Morgan fingerprint density at radius 2 is 1.82 bits per heavy atom. The molecule has 0 aliphatic heterocycles. The lowest BCUT2D eigenvalue weighted by Gasteiger charge is -2.27. The molecule has 2 N–H and O–H groups in total. The number of primary amides is 1. The molecular weight excluding hydrogens is 295 g/mol. The minimum atomic E-state index is -4.39. The zero-order chi connectivity index (χ0) is 16.5. The number of benzene rings is 1. The molecule has 1 heterocycles. The van der Waals surface area contributed by atoms with Gasteiger partial charge in [0.15, 0.2) is 5.69 Å². The summed E-state index contributed by atoms with van der Waals surface area (Å²) >= 11 is 0. The number of alkyl halides is 3. The van der Waals surface area contributed by atoms with E-state index in [0.29, 0.717) is 5.69 Å². The van der Waals surface area contributed by atoms with Gasteiger partial charge in [0.05, 0.1) is 11.1 Å². The van der Waals surface area contributed by atoms with Gasteiger partial charge in [0.1, 0.15) is 0 Å². The Morgan fingerprint density at radius 3 is 2.32 bits per heavy atom. The quantitative estimate of drug-likeness (QED) is 0.943. The molecule has 0 aliphatic carbocycles. The Morgan fingerprint density at radius 1 is 1.23 bits per heavy atom. The van der Waals surface area contributed by atoms with Gasteiger partial charge in [-0.25, -0.2) is 4.68 Å². The highest BCUT2D eigenvalue weighted by atomic mass is 19.4. The van der Waals surface area contributed by atoms with E-state index in [1.807, 2.05) is 0 Å². The van der Waals surface area contributed by atoms with E-state index in [1.165, 1.54) is 10.9 Å². The van der Waals surface area contributed by atoms with Gasteiger partial charge in [-0.3, -0.25) is 4.79 Å². The van der Waals surface area contributed by atoms with Gasteiger partial charge in [-0.15, -0.1) is 0 Å². The molecule has 0 aliphatic rings. The molecule has 0 fully saturated rings. The summed E-state index contributed by atoms with van der Waals surface area (Å²) in [4.78, 5) is 11.5. The maximum Gasteiger partial charge on any atom is 0.394 e. The van der Waals surface area contributed by atoms with Crippen molar-refractivity contribution in [2.45, 2.75) is 26.4 Å². The Hall–Kier alpha value is -2.31. The van der Waals surface area contributed by atoms with Crippen LogP contribution in [0.25, 0.3) is 5.69 Å². The Balaban J connectivity index is 2.44. The maximum absolute atomic E-state index is 13.0. The van der Waals surface area contributed by atoms with Crippen LogP contribution < -0.4 is 5.73 Å². The van der Waals surface area contributed by atoms with Crippen LogP contribution in [0.15, 0.2) is 36.5 Å². The van der Waals surface area contributed by atoms with Gasteiger partial charge in [-0.2, -0.15) is 18.3 Å². The lowest BCUT2D eigenvalue weighted by Crippen LogP contribution is -2.34. The van der Waals surface area contributed by atoms with Crippen LogP contribution in [0.1, 0.15) is 29.9 Å². The first-order valence-electron chi connectivity index (χ1n) is 6.62. The van der Waals surface area contributed by atoms with Crippen LogP contribution in [0, 0.1) is 5.41 Å². The summed E-state index contributed by atoms with van der Waals surface area (Å²) in [6, 6.07) is 8.79. The van der Waals surface area contributed by atoms with Crippen LogP contribution in [0.4, 0.5) is 13.2 Å². The molecule has 2 aromatic rings. The van der Waals surface area contributed by atoms with Crippen molar-refractivity contribution in [3.05, 3.63) is 47.8 Å². The number of halogens is 3. The number of carbonyl (C=O) groups excluding carboxylic acids is 1. The number of rotatable bonds is 4. The predicted octanol–water partition coefficient (Wildman–Crippen LogP) is 3.10. The number of nitrogens with zero attached hydrogens (tertiary/aromatic N) is 2. The molecule has 1 aromatic carbocycles. The molecule has 2 rings (SSSR count). The summed E-state index contributed by atoms with van der Waals surface area (Å²) in [5, 5.41) is 4.02. The highest BCUT2D eigenvalue weighted by molar-refractivity contribution is 5.92. The average molecular weight is 311 g/mol. The minimum absolute atomic E-state index is 0.138. The van der Waals surface area contributed by atoms with E-state index in [-0.39, 0.29) is 17.7 Å². The highest BCUT2D eigenvalue weighted by Crippen LogP contribution is 2.40. The lowest BCUT2D eigenvalue weighted by molar-refractivity contribution is -0.211. The molecule has 4 nitrogen and oxygen atoms in total. The number of hydrogen-bond donors (Lipinski definition) is 1. The van der Waals surface area contributed by atoms with Crippen LogP contribution in [-0.4, -0.2) is 21.9 Å². The molecule has 0 spiro atoms. The topological polar surface area (TPSA) is 60.9 Å². The van der Waals surface area contributed by atoms with E-state index in [0.717, 1.165) is 13.8 Å². The van der Waals surface area contributed by atoms with Crippen LogP contribution in [0.3, 0.4) is 0 Å². The maximum atomic E-state index is 13.0. The molecule has 118 valence electrons. The van der Waals surface area contributed by atoms with Gasteiger partial charge in [0.2, 0.25) is 0 Å². The zero-order valence-electron chi connectivity index (χ0n) is 12.2. The van der Waals surface area contributed by atoms with E-state index in [9.17, 15) is 18.0 Å². The first kappa shape index (κ1) is 16.1. The average Bonchev–Trinajstić information content (AvgIpc) is 2.82. The summed E-state index contributed by atoms with van der Waals surface area (Å²) < 4.78 is 40.5. The highest BCUT2D eigenvalue weighted by Gasteiger charge is 2.47. The first-order valence-corrected chi connectivity index (χ1v) is 6.62. The monoisotopic (exact) mass is 311 g/mol. The molecule has 22 heavy (non-hydrogen) atoms. The second-order valence-electron chi connectivity index (χ2n) is 5.71. The number of aromatic nitrogens is 2.